The molecular formula is C25H36N6S. The van der Waals surface area contributed by atoms with Gasteiger partial charge in [-0.05, 0) is 71.2 Å². The van der Waals surface area contributed by atoms with Crippen LogP contribution in [0.4, 0.5) is 0 Å². The Hall–Kier alpha value is -2.22. The molecule has 1 atom stereocenters. The van der Waals surface area contributed by atoms with Crippen molar-refractivity contribution in [2.45, 2.75) is 70.6 Å². The largest absolute Gasteiger partial charge is 0.326 e. The van der Waals surface area contributed by atoms with Gasteiger partial charge in [0.15, 0.2) is 5.82 Å². The standard InChI is InChI=1S/C25H36N6S/c1-24(2,3)17-25(4,5)31-23(28-29-30-31)22(20-10-12-21(32-6)13-11-20)27-16-19-9-7-8-18(14-19)15-26/h7-14,22,27H,15-17,26H2,1-6H3. The van der Waals surface area contributed by atoms with E-state index in [1.807, 2.05) is 4.68 Å². The summed E-state index contributed by atoms with van der Waals surface area (Å²) in [7, 11) is 0. The monoisotopic (exact) mass is 452 g/mol. The Balaban J connectivity index is 1.97. The van der Waals surface area contributed by atoms with E-state index >= 15 is 0 Å². The van der Waals surface area contributed by atoms with Crippen LogP contribution in [-0.2, 0) is 18.6 Å². The number of nitrogens with one attached hydrogen (secondary N) is 1. The second-order valence-electron chi connectivity index (χ2n) is 10.1. The number of aromatic nitrogens is 4. The van der Waals surface area contributed by atoms with Crippen LogP contribution in [0.25, 0.3) is 0 Å². The van der Waals surface area contributed by atoms with Gasteiger partial charge in [0.2, 0.25) is 0 Å². The summed E-state index contributed by atoms with van der Waals surface area (Å²) in [4.78, 5) is 1.23. The highest BCUT2D eigenvalue weighted by Crippen LogP contribution is 2.34. The van der Waals surface area contributed by atoms with Gasteiger partial charge in [-0.2, -0.15) is 0 Å². The van der Waals surface area contributed by atoms with E-state index < -0.39 is 0 Å². The summed E-state index contributed by atoms with van der Waals surface area (Å²) in [6, 6.07) is 16.9. The molecule has 3 rings (SSSR count). The lowest BCUT2D eigenvalue weighted by atomic mass is 9.81. The van der Waals surface area contributed by atoms with Crippen molar-refractivity contribution in [1.29, 1.82) is 0 Å². The van der Waals surface area contributed by atoms with Crippen LogP contribution >= 0.6 is 11.8 Å². The molecule has 172 valence electrons. The summed E-state index contributed by atoms with van der Waals surface area (Å²) in [5.74, 6) is 0.825. The number of benzene rings is 2. The smallest absolute Gasteiger partial charge is 0.173 e. The fourth-order valence-corrected chi connectivity index (χ4v) is 4.83. The third-order valence-corrected chi connectivity index (χ3v) is 6.22. The summed E-state index contributed by atoms with van der Waals surface area (Å²) < 4.78 is 1.99. The van der Waals surface area contributed by atoms with Crippen molar-refractivity contribution < 1.29 is 0 Å². The maximum absolute atomic E-state index is 5.84. The highest BCUT2D eigenvalue weighted by molar-refractivity contribution is 7.98. The van der Waals surface area contributed by atoms with Gasteiger partial charge >= 0.3 is 0 Å². The van der Waals surface area contributed by atoms with Gasteiger partial charge in [-0.15, -0.1) is 16.9 Å². The van der Waals surface area contributed by atoms with Gasteiger partial charge < -0.3 is 5.73 Å². The molecule has 1 heterocycles. The number of nitrogens with zero attached hydrogens (tertiary/aromatic N) is 4. The van der Waals surface area contributed by atoms with Crippen molar-refractivity contribution in [2.24, 2.45) is 11.1 Å². The molecule has 0 bridgehead atoms. The predicted molar refractivity (Wildman–Crippen MR) is 132 cm³/mol. The van der Waals surface area contributed by atoms with E-state index in [9.17, 15) is 0 Å². The molecule has 1 unspecified atom stereocenters. The van der Waals surface area contributed by atoms with Gasteiger partial charge in [0, 0.05) is 18.0 Å². The molecule has 0 saturated heterocycles. The summed E-state index contributed by atoms with van der Waals surface area (Å²) in [6.07, 6.45) is 3.04. The zero-order valence-corrected chi connectivity index (χ0v) is 20.9. The molecule has 0 aliphatic heterocycles. The molecule has 0 radical (unpaired) electrons. The molecule has 32 heavy (non-hydrogen) atoms. The summed E-state index contributed by atoms with van der Waals surface area (Å²) in [5, 5.41) is 16.7. The maximum Gasteiger partial charge on any atom is 0.173 e. The van der Waals surface area contributed by atoms with Crippen LogP contribution in [-0.4, -0.2) is 26.5 Å². The second-order valence-corrected chi connectivity index (χ2v) is 11.0. The zero-order valence-electron chi connectivity index (χ0n) is 20.1. The molecule has 6 nitrogen and oxygen atoms in total. The van der Waals surface area contributed by atoms with Crippen molar-refractivity contribution in [3.05, 3.63) is 71.0 Å². The Morgan fingerprint density at radius 2 is 1.72 bits per heavy atom. The molecule has 0 saturated carbocycles. The van der Waals surface area contributed by atoms with Crippen LogP contribution in [0, 0.1) is 5.41 Å². The quantitative estimate of drug-likeness (QED) is 0.449. The van der Waals surface area contributed by atoms with Gasteiger partial charge in [0.05, 0.1) is 11.6 Å². The minimum absolute atomic E-state index is 0.137. The third-order valence-electron chi connectivity index (χ3n) is 5.47. The Morgan fingerprint density at radius 3 is 2.34 bits per heavy atom. The number of thioether (sulfide) groups is 1. The van der Waals surface area contributed by atoms with Crippen LogP contribution in [0.2, 0.25) is 0 Å². The van der Waals surface area contributed by atoms with Crippen molar-refractivity contribution in [3.8, 4) is 0 Å². The molecule has 1 aromatic heterocycles. The van der Waals surface area contributed by atoms with E-state index in [1.165, 1.54) is 10.5 Å². The first-order valence-corrected chi connectivity index (χ1v) is 12.3. The number of hydrogen-bond donors (Lipinski definition) is 2. The highest BCUT2D eigenvalue weighted by Gasteiger charge is 2.33. The first-order valence-electron chi connectivity index (χ1n) is 11.1. The van der Waals surface area contributed by atoms with E-state index in [0.717, 1.165) is 23.4 Å². The average Bonchev–Trinajstić information content (AvgIpc) is 3.23. The van der Waals surface area contributed by atoms with Gasteiger partial charge in [-0.1, -0.05) is 57.2 Å². The van der Waals surface area contributed by atoms with Crippen molar-refractivity contribution in [3.63, 3.8) is 0 Å². The number of hydrogen-bond acceptors (Lipinski definition) is 6. The second kappa shape index (κ2) is 10.1. The van der Waals surface area contributed by atoms with Gasteiger partial charge in [0.25, 0.3) is 0 Å². The lowest BCUT2D eigenvalue weighted by Gasteiger charge is -2.34. The SMILES string of the molecule is CSc1ccc(C(NCc2cccc(CN)c2)c2nnnn2C(C)(C)CC(C)(C)C)cc1. The van der Waals surface area contributed by atoms with Crippen LogP contribution < -0.4 is 11.1 Å². The average molecular weight is 453 g/mol. The number of tetrazole rings is 1. The van der Waals surface area contributed by atoms with E-state index in [1.54, 1.807) is 11.8 Å². The van der Waals surface area contributed by atoms with E-state index in [0.29, 0.717) is 13.1 Å². The molecule has 2 aromatic carbocycles. The number of nitrogens with two attached hydrogens (primary N) is 1. The summed E-state index contributed by atoms with van der Waals surface area (Å²) in [6.45, 7) is 12.4. The molecule has 7 heteroatoms. The number of rotatable bonds is 9. The minimum Gasteiger partial charge on any atom is -0.326 e. The van der Waals surface area contributed by atoms with Crippen LogP contribution in [0.15, 0.2) is 53.4 Å². The van der Waals surface area contributed by atoms with Gasteiger partial charge in [-0.3, -0.25) is 5.32 Å². The lowest BCUT2D eigenvalue weighted by molar-refractivity contribution is 0.188. The molecular weight excluding hydrogens is 416 g/mol. The fourth-order valence-electron chi connectivity index (χ4n) is 4.42. The first-order chi connectivity index (χ1) is 15.1. The van der Waals surface area contributed by atoms with Gasteiger partial charge in [-0.25, -0.2) is 4.68 Å². The van der Waals surface area contributed by atoms with Crippen molar-refractivity contribution >= 4 is 11.8 Å². The molecule has 0 aliphatic carbocycles. The van der Waals surface area contributed by atoms with Crippen molar-refractivity contribution in [2.75, 3.05) is 6.26 Å². The van der Waals surface area contributed by atoms with E-state index in [2.05, 4.69) is 110 Å². The molecule has 3 aromatic rings. The Bertz CT molecular complexity index is 1000. The highest BCUT2D eigenvalue weighted by atomic mass is 32.2. The zero-order chi connectivity index (χ0) is 23.4. The van der Waals surface area contributed by atoms with Crippen LogP contribution in [0.1, 0.15) is 69.6 Å². The van der Waals surface area contributed by atoms with Crippen molar-refractivity contribution in [1.82, 2.24) is 25.5 Å². The van der Waals surface area contributed by atoms with E-state index in [4.69, 9.17) is 5.73 Å². The molecule has 0 spiro atoms. The lowest BCUT2D eigenvalue weighted by Crippen LogP contribution is -2.36. The molecule has 0 amide bonds. The third kappa shape index (κ3) is 6.18. The fraction of sp³-hybridized carbons (Fsp3) is 0.480. The summed E-state index contributed by atoms with van der Waals surface area (Å²) in [5.41, 5.74) is 9.21. The van der Waals surface area contributed by atoms with Crippen LogP contribution in [0.3, 0.4) is 0 Å². The van der Waals surface area contributed by atoms with Gasteiger partial charge in [0.1, 0.15) is 0 Å². The molecule has 0 aliphatic rings. The first kappa shape index (κ1) is 24.4. The Kier molecular flexibility index (Phi) is 7.75. The normalized spacial score (nSPS) is 13.3. The van der Waals surface area contributed by atoms with E-state index in [-0.39, 0.29) is 17.0 Å². The summed E-state index contributed by atoms with van der Waals surface area (Å²) >= 11 is 1.74. The molecule has 0 fully saturated rings. The molecule has 3 N–H and O–H groups in total. The topological polar surface area (TPSA) is 81.7 Å². The Labute approximate surface area is 196 Å². The van der Waals surface area contributed by atoms with Crippen LogP contribution in [0.5, 0.6) is 0 Å². The Morgan fingerprint density at radius 1 is 1.03 bits per heavy atom. The predicted octanol–water partition coefficient (Wildman–Crippen LogP) is 4.90. The maximum atomic E-state index is 5.84. The minimum atomic E-state index is -0.226.